The Hall–Kier alpha value is -2.70. The number of alkyl halides is 3. The van der Waals surface area contributed by atoms with Crippen LogP contribution in [-0.4, -0.2) is 11.0 Å². The molecule has 0 aromatic heterocycles. The third-order valence-electron chi connectivity index (χ3n) is 2.74. The van der Waals surface area contributed by atoms with Gasteiger partial charge in [-0.05, 0) is 42.5 Å². The second-order valence-electron chi connectivity index (χ2n) is 4.31. The van der Waals surface area contributed by atoms with Gasteiger partial charge >= 0.3 is 6.18 Å². The first kappa shape index (κ1) is 14.7. The van der Waals surface area contributed by atoms with Gasteiger partial charge in [-0.1, -0.05) is 0 Å². The molecule has 0 aliphatic heterocycles. The lowest BCUT2D eigenvalue weighted by Gasteiger charge is -2.10. The zero-order chi connectivity index (χ0) is 15.6. The van der Waals surface area contributed by atoms with Gasteiger partial charge < -0.3 is 16.2 Å². The van der Waals surface area contributed by atoms with Crippen LogP contribution < -0.4 is 11.1 Å². The zero-order valence-electron chi connectivity index (χ0n) is 10.6. The Morgan fingerprint density at radius 3 is 2.29 bits per heavy atom. The lowest BCUT2D eigenvalue weighted by atomic mass is 10.1. The molecule has 0 saturated carbocycles. The van der Waals surface area contributed by atoms with E-state index in [1.54, 1.807) is 0 Å². The number of phenols is 1. The maximum absolute atomic E-state index is 12.4. The molecule has 0 aliphatic carbocycles. The van der Waals surface area contributed by atoms with E-state index < -0.39 is 17.6 Å². The third-order valence-corrected chi connectivity index (χ3v) is 2.74. The molecule has 0 atom stereocenters. The number of hydrogen-bond acceptors (Lipinski definition) is 3. The van der Waals surface area contributed by atoms with Crippen LogP contribution in [0.15, 0.2) is 42.5 Å². The van der Waals surface area contributed by atoms with Gasteiger partial charge in [0, 0.05) is 11.4 Å². The molecule has 0 spiro atoms. The summed E-state index contributed by atoms with van der Waals surface area (Å²) in [5.41, 5.74) is 5.10. The van der Waals surface area contributed by atoms with Gasteiger partial charge in [0.15, 0.2) is 0 Å². The number of carbonyl (C=O) groups excluding carboxylic acids is 1. The molecule has 0 saturated heterocycles. The SMILES string of the molecule is Nc1ccc(O)c(C(=O)Nc2ccc(C(F)(F)F)cc2)c1. The van der Waals surface area contributed by atoms with Gasteiger partial charge in [-0.2, -0.15) is 13.2 Å². The average molecular weight is 296 g/mol. The molecule has 0 heterocycles. The molecule has 2 aromatic rings. The molecule has 7 heteroatoms. The van der Waals surface area contributed by atoms with Gasteiger partial charge in [-0.15, -0.1) is 0 Å². The van der Waals surface area contributed by atoms with Crippen LogP contribution in [0, 0.1) is 0 Å². The van der Waals surface area contributed by atoms with E-state index in [9.17, 15) is 23.1 Å². The Kier molecular flexibility index (Phi) is 3.75. The van der Waals surface area contributed by atoms with E-state index in [4.69, 9.17) is 5.73 Å². The molecule has 2 aromatic carbocycles. The molecule has 0 bridgehead atoms. The van der Waals surface area contributed by atoms with Crippen molar-refractivity contribution in [2.24, 2.45) is 0 Å². The van der Waals surface area contributed by atoms with Crippen molar-refractivity contribution in [3.63, 3.8) is 0 Å². The minimum Gasteiger partial charge on any atom is -0.507 e. The molecule has 0 unspecified atom stereocenters. The molecule has 4 N–H and O–H groups in total. The lowest BCUT2D eigenvalue weighted by Crippen LogP contribution is -2.13. The van der Waals surface area contributed by atoms with Gasteiger partial charge in [0.05, 0.1) is 11.1 Å². The number of nitrogens with two attached hydrogens (primary N) is 1. The van der Waals surface area contributed by atoms with Crippen LogP contribution in [0.3, 0.4) is 0 Å². The van der Waals surface area contributed by atoms with Crippen molar-refractivity contribution in [2.45, 2.75) is 6.18 Å². The number of rotatable bonds is 2. The summed E-state index contributed by atoms with van der Waals surface area (Å²) in [6, 6.07) is 7.92. The topological polar surface area (TPSA) is 75.3 Å². The number of halogens is 3. The summed E-state index contributed by atoms with van der Waals surface area (Å²) in [4.78, 5) is 11.9. The summed E-state index contributed by atoms with van der Waals surface area (Å²) in [7, 11) is 0. The van der Waals surface area contributed by atoms with Gasteiger partial charge in [-0.3, -0.25) is 4.79 Å². The smallest absolute Gasteiger partial charge is 0.416 e. The maximum atomic E-state index is 12.4. The number of carbonyl (C=O) groups is 1. The van der Waals surface area contributed by atoms with Crippen LogP contribution in [0.5, 0.6) is 5.75 Å². The van der Waals surface area contributed by atoms with E-state index in [2.05, 4.69) is 5.32 Å². The van der Waals surface area contributed by atoms with E-state index in [1.165, 1.54) is 18.2 Å². The Labute approximate surface area is 118 Å². The number of benzene rings is 2. The first-order valence-corrected chi connectivity index (χ1v) is 5.84. The first-order chi connectivity index (χ1) is 9.77. The van der Waals surface area contributed by atoms with Crippen molar-refractivity contribution < 1.29 is 23.1 Å². The Balaban J connectivity index is 2.18. The van der Waals surface area contributed by atoms with Gasteiger partial charge in [-0.25, -0.2) is 0 Å². The zero-order valence-corrected chi connectivity index (χ0v) is 10.6. The summed E-state index contributed by atoms with van der Waals surface area (Å²) in [5, 5.41) is 12.0. The summed E-state index contributed by atoms with van der Waals surface area (Å²) < 4.78 is 37.2. The number of hydrogen-bond donors (Lipinski definition) is 3. The molecular weight excluding hydrogens is 285 g/mol. The molecule has 21 heavy (non-hydrogen) atoms. The van der Waals surface area contributed by atoms with Crippen LogP contribution in [0.25, 0.3) is 0 Å². The van der Waals surface area contributed by atoms with Crippen molar-refractivity contribution in [2.75, 3.05) is 11.1 Å². The molecule has 110 valence electrons. The number of amides is 1. The van der Waals surface area contributed by atoms with E-state index in [0.717, 1.165) is 24.3 Å². The molecule has 0 fully saturated rings. The van der Waals surface area contributed by atoms with Crippen LogP contribution in [0.2, 0.25) is 0 Å². The van der Waals surface area contributed by atoms with E-state index >= 15 is 0 Å². The minimum atomic E-state index is -4.44. The highest BCUT2D eigenvalue weighted by Crippen LogP contribution is 2.30. The van der Waals surface area contributed by atoms with E-state index in [1.807, 2.05) is 0 Å². The van der Waals surface area contributed by atoms with Gasteiger partial charge in [0.25, 0.3) is 5.91 Å². The van der Waals surface area contributed by atoms with Crippen molar-refractivity contribution in [3.8, 4) is 5.75 Å². The highest BCUT2D eigenvalue weighted by molar-refractivity contribution is 6.06. The van der Waals surface area contributed by atoms with Crippen molar-refractivity contribution in [1.82, 2.24) is 0 Å². The van der Waals surface area contributed by atoms with Crippen LogP contribution >= 0.6 is 0 Å². The fourth-order valence-electron chi connectivity index (χ4n) is 1.68. The highest BCUT2D eigenvalue weighted by Gasteiger charge is 2.30. The third kappa shape index (κ3) is 3.44. The Morgan fingerprint density at radius 2 is 1.71 bits per heavy atom. The van der Waals surface area contributed by atoms with Crippen molar-refractivity contribution >= 4 is 17.3 Å². The molecule has 4 nitrogen and oxygen atoms in total. The van der Waals surface area contributed by atoms with Crippen LogP contribution in [0.1, 0.15) is 15.9 Å². The number of anilines is 2. The molecule has 1 amide bonds. The first-order valence-electron chi connectivity index (χ1n) is 5.84. The van der Waals surface area contributed by atoms with Crippen molar-refractivity contribution in [1.29, 1.82) is 0 Å². The van der Waals surface area contributed by atoms with E-state index in [0.29, 0.717) is 0 Å². The fraction of sp³-hybridized carbons (Fsp3) is 0.0714. The fourth-order valence-corrected chi connectivity index (χ4v) is 1.68. The molecular formula is C14H11F3N2O2. The normalized spacial score (nSPS) is 11.2. The summed E-state index contributed by atoms with van der Waals surface area (Å²) in [6.45, 7) is 0. The largest absolute Gasteiger partial charge is 0.507 e. The van der Waals surface area contributed by atoms with Gasteiger partial charge in [0.1, 0.15) is 5.75 Å². The quantitative estimate of drug-likeness (QED) is 0.588. The second kappa shape index (κ2) is 5.35. The van der Waals surface area contributed by atoms with Crippen LogP contribution in [0.4, 0.5) is 24.5 Å². The summed E-state index contributed by atoms with van der Waals surface area (Å²) in [5.74, 6) is -0.937. The molecule has 0 radical (unpaired) electrons. The maximum Gasteiger partial charge on any atom is 0.416 e. The van der Waals surface area contributed by atoms with Crippen LogP contribution in [-0.2, 0) is 6.18 Å². The second-order valence-corrected chi connectivity index (χ2v) is 4.31. The van der Waals surface area contributed by atoms with Crippen molar-refractivity contribution in [3.05, 3.63) is 53.6 Å². The Bertz CT molecular complexity index is 667. The number of phenolic OH excluding ortho intramolecular Hbond substituents is 1. The standard InChI is InChI=1S/C14H11F3N2O2/c15-14(16,17)8-1-4-10(5-2-8)19-13(21)11-7-9(18)3-6-12(11)20/h1-7,20H,18H2,(H,19,21). The number of nitrogens with one attached hydrogen (secondary N) is 1. The summed E-state index contributed by atoms with van der Waals surface area (Å²) >= 11 is 0. The van der Waals surface area contributed by atoms with Gasteiger partial charge in [0.2, 0.25) is 0 Å². The Morgan fingerprint density at radius 1 is 1.10 bits per heavy atom. The minimum absolute atomic E-state index is 0.0603. The average Bonchev–Trinajstić information content (AvgIpc) is 2.41. The predicted octanol–water partition coefficient (Wildman–Crippen LogP) is 3.25. The predicted molar refractivity (Wildman–Crippen MR) is 71.9 cm³/mol. The summed E-state index contributed by atoms with van der Waals surface area (Å²) in [6.07, 6.45) is -4.44. The molecule has 0 aliphatic rings. The highest BCUT2D eigenvalue weighted by atomic mass is 19.4. The molecule has 2 rings (SSSR count). The monoisotopic (exact) mass is 296 g/mol. The van der Waals surface area contributed by atoms with E-state index in [-0.39, 0.29) is 22.7 Å². The number of aromatic hydroxyl groups is 1. The number of nitrogen functional groups attached to an aromatic ring is 1. The lowest BCUT2D eigenvalue weighted by molar-refractivity contribution is -0.137.